The second-order valence-electron chi connectivity index (χ2n) is 6.00. The van der Waals surface area contributed by atoms with E-state index in [1.807, 2.05) is 12.1 Å². The van der Waals surface area contributed by atoms with Crippen LogP contribution in [0.1, 0.15) is 12.1 Å². The van der Waals surface area contributed by atoms with Crippen LogP contribution >= 0.6 is 0 Å². The molecule has 9 heteroatoms. The number of likely N-dealkylation sites (N-methyl/N-ethyl adjacent to an activating group) is 1. The van der Waals surface area contributed by atoms with Gasteiger partial charge < -0.3 is 4.90 Å². The van der Waals surface area contributed by atoms with Crippen molar-refractivity contribution >= 4 is 22.0 Å². The Morgan fingerprint density at radius 1 is 1.31 bits per heavy atom. The van der Waals surface area contributed by atoms with Gasteiger partial charge in [0.25, 0.3) is 5.91 Å². The van der Waals surface area contributed by atoms with E-state index in [4.69, 9.17) is 0 Å². The number of aromatic nitrogens is 1. The molecule has 1 unspecified atom stereocenters. The van der Waals surface area contributed by atoms with Crippen LogP contribution in [0.25, 0.3) is 0 Å². The Hall–Kier alpha value is -2.70. The first-order chi connectivity index (χ1) is 12.4. The molecular formula is C17H18N4O4S. The summed E-state index contributed by atoms with van der Waals surface area (Å²) in [5.74, 6) is 4.95. The van der Waals surface area contributed by atoms with Crippen molar-refractivity contribution in [3.8, 4) is 11.8 Å². The van der Waals surface area contributed by atoms with Gasteiger partial charge >= 0.3 is 6.03 Å². The van der Waals surface area contributed by atoms with Crippen molar-refractivity contribution < 1.29 is 18.0 Å². The molecule has 0 spiro atoms. The number of hydrogen-bond donors (Lipinski definition) is 1. The van der Waals surface area contributed by atoms with Crippen LogP contribution in [0, 0.1) is 11.8 Å². The first kappa shape index (κ1) is 18.1. The van der Waals surface area contributed by atoms with Gasteiger partial charge in [0.15, 0.2) is 0 Å². The maximum absolute atomic E-state index is 12.6. The zero-order valence-electron chi connectivity index (χ0n) is 14.2. The van der Waals surface area contributed by atoms with E-state index < -0.39 is 33.8 Å². The second-order valence-corrected chi connectivity index (χ2v) is 8.02. The predicted octanol–water partition coefficient (Wildman–Crippen LogP) is -0.0548. The zero-order chi connectivity index (χ0) is 18.7. The smallest absolute Gasteiger partial charge is 0.314 e. The Labute approximate surface area is 151 Å². The highest BCUT2D eigenvalue weighted by Crippen LogP contribution is 2.17. The number of nitrogens with one attached hydrogen (secondary N) is 1. The van der Waals surface area contributed by atoms with Gasteiger partial charge in [0.05, 0.1) is 5.75 Å². The first-order valence-corrected chi connectivity index (χ1v) is 9.65. The quantitative estimate of drug-likeness (QED) is 0.590. The first-order valence-electron chi connectivity index (χ1n) is 8.04. The number of rotatable bonds is 3. The van der Waals surface area contributed by atoms with Gasteiger partial charge in [-0.05, 0) is 24.5 Å². The highest BCUT2D eigenvalue weighted by atomic mass is 32.2. The average molecular weight is 374 g/mol. The molecule has 0 saturated carbocycles. The number of sulfonamides is 1. The van der Waals surface area contributed by atoms with Crippen LogP contribution < -0.4 is 5.32 Å². The Kier molecular flexibility index (Phi) is 5.06. The maximum atomic E-state index is 12.6. The van der Waals surface area contributed by atoms with E-state index >= 15 is 0 Å². The number of imide groups is 1. The molecule has 136 valence electrons. The molecule has 2 aliphatic rings. The molecule has 0 aromatic carbocycles. The maximum Gasteiger partial charge on any atom is 0.324 e. The Morgan fingerprint density at radius 2 is 2.12 bits per heavy atom. The monoisotopic (exact) mass is 374 g/mol. The topological polar surface area (TPSA) is 99.7 Å². The molecule has 1 saturated heterocycles. The largest absolute Gasteiger partial charge is 0.324 e. The minimum Gasteiger partial charge on any atom is -0.314 e. The molecule has 2 aliphatic heterocycles. The summed E-state index contributed by atoms with van der Waals surface area (Å²) in [6.45, 7) is 0.484. The lowest BCUT2D eigenvalue weighted by molar-refractivity contribution is -0.120. The fourth-order valence-corrected chi connectivity index (χ4v) is 4.34. The molecule has 8 nitrogen and oxygen atoms in total. The van der Waals surface area contributed by atoms with Crippen LogP contribution in [-0.4, -0.2) is 66.5 Å². The van der Waals surface area contributed by atoms with E-state index in [1.54, 1.807) is 18.3 Å². The van der Waals surface area contributed by atoms with E-state index in [0.29, 0.717) is 12.1 Å². The molecule has 3 heterocycles. The van der Waals surface area contributed by atoms with Crippen LogP contribution in [0.2, 0.25) is 0 Å². The van der Waals surface area contributed by atoms with Gasteiger partial charge in [0.2, 0.25) is 10.0 Å². The number of urea groups is 1. The summed E-state index contributed by atoms with van der Waals surface area (Å²) in [6, 6.07) is 3.88. The van der Waals surface area contributed by atoms with E-state index in [1.165, 1.54) is 11.4 Å². The summed E-state index contributed by atoms with van der Waals surface area (Å²) in [4.78, 5) is 28.4. The summed E-state index contributed by atoms with van der Waals surface area (Å²) < 4.78 is 26.4. The number of carbonyl (C=O) groups excluding carboxylic acids is 2. The summed E-state index contributed by atoms with van der Waals surface area (Å²) in [7, 11) is -2.27. The molecule has 0 bridgehead atoms. The lowest BCUT2D eigenvalue weighted by Gasteiger charge is -2.26. The van der Waals surface area contributed by atoms with Crippen molar-refractivity contribution in [1.82, 2.24) is 19.5 Å². The number of hydrogen-bond acceptors (Lipinski definition) is 5. The van der Waals surface area contributed by atoms with Gasteiger partial charge in [0.1, 0.15) is 11.7 Å². The lowest BCUT2D eigenvalue weighted by Crippen LogP contribution is -2.44. The molecule has 1 atom stereocenters. The zero-order valence-corrected chi connectivity index (χ0v) is 15.0. The highest BCUT2D eigenvalue weighted by Gasteiger charge is 2.40. The number of carbonyl (C=O) groups is 2. The molecule has 0 radical (unpaired) electrons. The molecule has 1 N–H and O–H groups in total. The van der Waals surface area contributed by atoms with Gasteiger partial charge in [-0.2, -0.15) is 4.31 Å². The van der Waals surface area contributed by atoms with Crippen molar-refractivity contribution in [2.24, 2.45) is 0 Å². The lowest BCUT2D eigenvalue weighted by atomic mass is 10.1. The normalized spacial score (nSPS) is 21.0. The second kappa shape index (κ2) is 7.27. The number of pyridine rings is 1. The van der Waals surface area contributed by atoms with Crippen molar-refractivity contribution in [1.29, 1.82) is 0 Å². The average Bonchev–Trinajstić information content (AvgIpc) is 2.87. The predicted molar refractivity (Wildman–Crippen MR) is 94.3 cm³/mol. The molecule has 1 aromatic rings. The van der Waals surface area contributed by atoms with Gasteiger partial charge in [0, 0.05) is 31.9 Å². The Morgan fingerprint density at radius 3 is 2.69 bits per heavy atom. The van der Waals surface area contributed by atoms with Crippen molar-refractivity contribution in [3.05, 3.63) is 41.7 Å². The number of amides is 3. The Balaban J connectivity index is 1.65. The van der Waals surface area contributed by atoms with E-state index in [0.717, 1.165) is 10.5 Å². The minimum atomic E-state index is -3.67. The third-order valence-electron chi connectivity index (χ3n) is 4.27. The molecule has 26 heavy (non-hydrogen) atoms. The third-order valence-corrected chi connectivity index (χ3v) is 6.13. The minimum absolute atomic E-state index is 0.195. The van der Waals surface area contributed by atoms with Crippen molar-refractivity contribution in [3.63, 3.8) is 0 Å². The van der Waals surface area contributed by atoms with Crippen LogP contribution in [0.3, 0.4) is 0 Å². The molecule has 0 aliphatic carbocycles. The van der Waals surface area contributed by atoms with Crippen LogP contribution in [0.15, 0.2) is 36.0 Å². The molecular weight excluding hydrogens is 356 g/mol. The molecule has 1 fully saturated rings. The van der Waals surface area contributed by atoms with Crippen molar-refractivity contribution in [2.45, 2.75) is 12.5 Å². The van der Waals surface area contributed by atoms with Crippen LogP contribution in [0.5, 0.6) is 0 Å². The van der Waals surface area contributed by atoms with Gasteiger partial charge in [-0.1, -0.05) is 18.1 Å². The summed E-state index contributed by atoms with van der Waals surface area (Å²) >= 11 is 0. The van der Waals surface area contributed by atoms with Crippen molar-refractivity contribution in [2.75, 3.05) is 25.9 Å². The summed E-state index contributed by atoms with van der Waals surface area (Å²) in [5, 5.41) is 2.11. The molecule has 3 amide bonds. The van der Waals surface area contributed by atoms with Gasteiger partial charge in [-0.15, -0.1) is 0 Å². The molecule has 3 rings (SSSR count). The summed E-state index contributed by atoms with van der Waals surface area (Å²) in [6.07, 6.45) is 3.92. The SMILES string of the molecule is CN1C(=O)NC(=O)C1CS(=O)(=O)N1CC=C(C#Cc2ccccn2)CC1. The molecule has 1 aromatic heterocycles. The summed E-state index contributed by atoms with van der Waals surface area (Å²) in [5.41, 5.74) is 1.51. The van der Waals surface area contributed by atoms with Crippen LogP contribution in [-0.2, 0) is 14.8 Å². The van der Waals surface area contributed by atoms with Crippen LogP contribution in [0.4, 0.5) is 4.79 Å². The van der Waals surface area contributed by atoms with E-state index in [2.05, 4.69) is 22.1 Å². The highest BCUT2D eigenvalue weighted by molar-refractivity contribution is 7.89. The Bertz CT molecular complexity index is 915. The van der Waals surface area contributed by atoms with Gasteiger partial charge in [-0.3, -0.25) is 10.1 Å². The number of nitrogens with zero attached hydrogens (tertiary/aromatic N) is 3. The van der Waals surface area contributed by atoms with E-state index in [9.17, 15) is 18.0 Å². The van der Waals surface area contributed by atoms with E-state index in [-0.39, 0.29) is 13.1 Å². The fraction of sp³-hybridized carbons (Fsp3) is 0.353. The third kappa shape index (κ3) is 3.92. The standard InChI is InChI=1S/C17H18N4O4S/c1-20-15(16(22)19-17(20)23)12-26(24,25)21-10-7-13(8-11-21)5-6-14-4-2-3-9-18-14/h2-4,7,9,15H,8,10-12H2,1H3,(H,19,22,23). The van der Waals surface area contributed by atoms with Gasteiger partial charge in [-0.25, -0.2) is 18.2 Å². The fourth-order valence-electron chi connectivity index (χ4n) is 2.68.